The molecule has 130 valence electrons. The fourth-order valence-electron chi connectivity index (χ4n) is 3.14. The van der Waals surface area contributed by atoms with Crippen LogP contribution in [-0.4, -0.2) is 44.2 Å². The van der Waals surface area contributed by atoms with E-state index in [1.54, 1.807) is 18.0 Å². The molecule has 25 heavy (non-hydrogen) atoms. The largest absolute Gasteiger partial charge is 0.497 e. The lowest BCUT2D eigenvalue weighted by Gasteiger charge is -2.26. The second-order valence-corrected chi connectivity index (χ2v) is 6.36. The van der Waals surface area contributed by atoms with E-state index in [4.69, 9.17) is 10.5 Å². The van der Waals surface area contributed by atoms with Crippen molar-refractivity contribution in [3.63, 3.8) is 0 Å². The molecule has 4 rings (SSSR count). The number of benzene rings is 1. The molecule has 2 aromatic heterocycles. The van der Waals surface area contributed by atoms with Gasteiger partial charge >= 0.3 is 0 Å². The Hall–Kier alpha value is -2.74. The van der Waals surface area contributed by atoms with Crippen molar-refractivity contribution in [1.29, 1.82) is 0 Å². The van der Waals surface area contributed by atoms with Gasteiger partial charge in [0, 0.05) is 12.1 Å². The Labute approximate surface area is 145 Å². The topological polar surface area (TPSA) is 104 Å². The average Bonchev–Trinajstić information content (AvgIpc) is 3.07. The maximum atomic E-state index is 5.97. The summed E-state index contributed by atoms with van der Waals surface area (Å²) >= 11 is 0. The molecular formula is C17H21N7O. The summed E-state index contributed by atoms with van der Waals surface area (Å²) in [6, 6.07) is 8.29. The zero-order chi connectivity index (χ0) is 17.2. The van der Waals surface area contributed by atoms with Crippen LogP contribution < -0.4 is 15.8 Å². The normalized spacial score (nSPS) is 20.6. The van der Waals surface area contributed by atoms with Gasteiger partial charge < -0.3 is 15.8 Å². The minimum Gasteiger partial charge on any atom is -0.497 e. The summed E-state index contributed by atoms with van der Waals surface area (Å²) in [6.07, 6.45) is 5.85. The molecule has 0 spiro atoms. The number of aromatic nitrogens is 5. The van der Waals surface area contributed by atoms with Gasteiger partial charge in [0.1, 0.15) is 5.75 Å². The van der Waals surface area contributed by atoms with Crippen molar-refractivity contribution in [3.05, 3.63) is 30.5 Å². The lowest BCUT2D eigenvalue weighted by atomic mass is 9.92. The van der Waals surface area contributed by atoms with Crippen molar-refractivity contribution < 1.29 is 4.74 Å². The molecular weight excluding hydrogens is 318 g/mol. The first kappa shape index (κ1) is 15.8. The molecule has 0 aliphatic heterocycles. The molecule has 1 aromatic carbocycles. The number of nitrogens with zero attached hydrogens (tertiary/aromatic N) is 5. The maximum Gasteiger partial charge on any atom is 0.225 e. The van der Waals surface area contributed by atoms with E-state index in [2.05, 4.69) is 25.6 Å². The zero-order valence-electron chi connectivity index (χ0n) is 14.1. The van der Waals surface area contributed by atoms with Gasteiger partial charge in [0.2, 0.25) is 5.95 Å². The van der Waals surface area contributed by atoms with Crippen molar-refractivity contribution >= 4 is 17.1 Å². The first-order valence-electron chi connectivity index (χ1n) is 8.48. The monoisotopic (exact) mass is 339 g/mol. The van der Waals surface area contributed by atoms with Crippen LogP contribution in [0.5, 0.6) is 5.75 Å². The molecule has 1 aliphatic rings. The third-order valence-electron chi connectivity index (χ3n) is 4.61. The fraction of sp³-hybridized carbons (Fsp3) is 0.412. The van der Waals surface area contributed by atoms with Crippen LogP contribution in [0.4, 0.5) is 5.95 Å². The fourth-order valence-corrected chi connectivity index (χ4v) is 3.14. The Balaban J connectivity index is 1.60. The van der Waals surface area contributed by atoms with Gasteiger partial charge in [0.15, 0.2) is 11.2 Å². The molecule has 0 unspecified atom stereocenters. The standard InChI is InChI=1S/C17H21N7O/c1-25-14-8-6-13(7-9-14)24-16-15(22-23-24)10-19-17(21-16)20-12-4-2-11(18)3-5-12/h6-12H,2-5,18H2,1H3,(H,19,20,21)/t11-,12+. The van der Waals surface area contributed by atoms with Crippen LogP contribution in [0.25, 0.3) is 16.9 Å². The van der Waals surface area contributed by atoms with Gasteiger partial charge in [0.25, 0.3) is 0 Å². The summed E-state index contributed by atoms with van der Waals surface area (Å²) in [7, 11) is 1.64. The van der Waals surface area contributed by atoms with E-state index in [-0.39, 0.29) is 0 Å². The van der Waals surface area contributed by atoms with Crippen LogP contribution >= 0.6 is 0 Å². The van der Waals surface area contributed by atoms with Crippen LogP contribution in [-0.2, 0) is 0 Å². The zero-order valence-corrected chi connectivity index (χ0v) is 14.1. The van der Waals surface area contributed by atoms with Gasteiger partial charge in [-0.25, -0.2) is 4.98 Å². The highest BCUT2D eigenvalue weighted by Crippen LogP contribution is 2.21. The summed E-state index contributed by atoms with van der Waals surface area (Å²) in [4.78, 5) is 8.99. The van der Waals surface area contributed by atoms with Crippen LogP contribution in [0.3, 0.4) is 0 Å². The third-order valence-corrected chi connectivity index (χ3v) is 4.61. The third kappa shape index (κ3) is 3.25. The number of anilines is 1. The summed E-state index contributed by atoms with van der Waals surface area (Å²) in [5, 5.41) is 11.8. The predicted octanol–water partition coefficient (Wildman–Crippen LogP) is 1.90. The predicted molar refractivity (Wildman–Crippen MR) is 94.9 cm³/mol. The molecule has 0 radical (unpaired) electrons. The van der Waals surface area contributed by atoms with Gasteiger partial charge in [-0.05, 0) is 49.9 Å². The first-order valence-corrected chi connectivity index (χ1v) is 8.48. The SMILES string of the molecule is COc1ccc(-n2nnc3cnc(N[C@H]4CC[C@@H](N)CC4)nc32)cc1. The Morgan fingerprint density at radius 1 is 1.16 bits per heavy atom. The molecule has 1 aliphatic carbocycles. The van der Waals surface area contributed by atoms with Crippen molar-refractivity contribution in [2.45, 2.75) is 37.8 Å². The highest BCUT2D eigenvalue weighted by atomic mass is 16.5. The number of rotatable bonds is 4. The molecule has 1 saturated carbocycles. The van der Waals surface area contributed by atoms with Crippen LogP contribution in [0, 0.1) is 0 Å². The Morgan fingerprint density at radius 2 is 1.92 bits per heavy atom. The minimum atomic E-state index is 0.321. The van der Waals surface area contributed by atoms with Gasteiger partial charge in [-0.1, -0.05) is 5.21 Å². The van der Waals surface area contributed by atoms with E-state index >= 15 is 0 Å². The highest BCUT2D eigenvalue weighted by Gasteiger charge is 2.19. The van der Waals surface area contributed by atoms with E-state index in [9.17, 15) is 0 Å². The second kappa shape index (κ2) is 6.64. The van der Waals surface area contributed by atoms with Crippen molar-refractivity contribution in [2.75, 3.05) is 12.4 Å². The van der Waals surface area contributed by atoms with Crippen LogP contribution in [0.2, 0.25) is 0 Å². The Kier molecular flexibility index (Phi) is 4.19. The number of hydrogen-bond acceptors (Lipinski definition) is 7. The van der Waals surface area contributed by atoms with Crippen molar-refractivity contribution in [3.8, 4) is 11.4 Å². The molecule has 0 atom stereocenters. The Bertz CT molecular complexity index is 853. The Morgan fingerprint density at radius 3 is 2.64 bits per heavy atom. The van der Waals surface area contributed by atoms with Crippen LogP contribution in [0.15, 0.2) is 30.5 Å². The molecule has 0 saturated heterocycles. The van der Waals surface area contributed by atoms with Crippen molar-refractivity contribution in [2.24, 2.45) is 5.73 Å². The second-order valence-electron chi connectivity index (χ2n) is 6.36. The first-order chi connectivity index (χ1) is 12.2. The number of nitrogens with one attached hydrogen (secondary N) is 1. The number of hydrogen-bond donors (Lipinski definition) is 2. The quantitative estimate of drug-likeness (QED) is 0.748. The van der Waals surface area contributed by atoms with E-state index in [0.717, 1.165) is 37.1 Å². The maximum absolute atomic E-state index is 5.97. The number of fused-ring (bicyclic) bond motifs is 1. The number of nitrogens with two attached hydrogens (primary N) is 1. The average molecular weight is 339 g/mol. The van der Waals surface area contributed by atoms with Crippen LogP contribution in [0.1, 0.15) is 25.7 Å². The van der Waals surface area contributed by atoms with E-state index in [1.807, 2.05) is 24.3 Å². The van der Waals surface area contributed by atoms with Crippen molar-refractivity contribution in [1.82, 2.24) is 25.0 Å². The van der Waals surface area contributed by atoms with E-state index in [1.165, 1.54) is 0 Å². The minimum absolute atomic E-state index is 0.321. The summed E-state index contributed by atoms with van der Waals surface area (Å²) < 4.78 is 6.90. The van der Waals surface area contributed by atoms with Gasteiger partial charge in [-0.3, -0.25) is 0 Å². The summed E-state index contributed by atoms with van der Waals surface area (Å²) in [5.74, 6) is 1.39. The molecule has 0 amide bonds. The smallest absolute Gasteiger partial charge is 0.225 e. The number of ether oxygens (including phenoxy) is 1. The summed E-state index contributed by atoms with van der Waals surface area (Å²) in [5.41, 5.74) is 8.18. The molecule has 0 bridgehead atoms. The van der Waals surface area contributed by atoms with Gasteiger partial charge in [-0.15, -0.1) is 5.10 Å². The molecule has 2 heterocycles. The molecule has 1 fully saturated rings. The molecule has 3 N–H and O–H groups in total. The molecule has 8 heteroatoms. The van der Waals surface area contributed by atoms with Gasteiger partial charge in [-0.2, -0.15) is 9.67 Å². The lowest BCUT2D eigenvalue weighted by molar-refractivity contribution is 0.410. The van der Waals surface area contributed by atoms with Gasteiger partial charge in [0.05, 0.1) is 19.0 Å². The lowest BCUT2D eigenvalue weighted by Crippen LogP contribution is -2.33. The molecule has 3 aromatic rings. The van der Waals surface area contributed by atoms with E-state index < -0.39 is 0 Å². The highest BCUT2D eigenvalue weighted by molar-refractivity contribution is 5.72. The van der Waals surface area contributed by atoms with E-state index in [0.29, 0.717) is 29.2 Å². The summed E-state index contributed by atoms with van der Waals surface area (Å²) in [6.45, 7) is 0. The number of methoxy groups -OCH3 is 1. The molecule has 8 nitrogen and oxygen atoms in total.